The summed E-state index contributed by atoms with van der Waals surface area (Å²) in [6.07, 6.45) is 8.84. The molecule has 10 heteroatoms. The highest BCUT2D eigenvalue weighted by molar-refractivity contribution is 7.90. The summed E-state index contributed by atoms with van der Waals surface area (Å²) >= 11 is 0. The number of nitrogens with zero attached hydrogens (tertiary/aromatic N) is 2. The molecule has 0 spiro atoms. The van der Waals surface area contributed by atoms with Crippen molar-refractivity contribution in [2.24, 2.45) is 5.92 Å². The van der Waals surface area contributed by atoms with E-state index in [1.54, 1.807) is 12.1 Å². The molecule has 31 heavy (non-hydrogen) atoms. The molecule has 1 N–H and O–H groups in total. The van der Waals surface area contributed by atoms with Crippen LogP contribution >= 0.6 is 7.60 Å². The second kappa shape index (κ2) is 9.69. The normalized spacial score (nSPS) is 17.9. The molecule has 1 aliphatic carbocycles. The molecule has 1 heterocycles. The van der Waals surface area contributed by atoms with Gasteiger partial charge in [0.1, 0.15) is 5.78 Å². The Labute approximate surface area is 182 Å². The van der Waals surface area contributed by atoms with Crippen LogP contribution in [0.3, 0.4) is 0 Å². The fraction of sp³-hybridized carbons (Fsp3) is 0.476. The molecule has 0 saturated heterocycles. The van der Waals surface area contributed by atoms with Gasteiger partial charge in [0.25, 0.3) is 0 Å². The number of carbonyl (C=O) groups excluding carboxylic acids is 1. The Hall–Kier alpha value is -1.93. The molecule has 1 saturated carbocycles. The summed E-state index contributed by atoms with van der Waals surface area (Å²) in [5.74, 6) is 0.0417. The van der Waals surface area contributed by atoms with Crippen LogP contribution in [0.1, 0.15) is 49.3 Å². The molecule has 168 valence electrons. The van der Waals surface area contributed by atoms with E-state index >= 15 is 0 Å². The maximum absolute atomic E-state index is 13.2. The van der Waals surface area contributed by atoms with Crippen molar-refractivity contribution in [3.05, 3.63) is 47.9 Å². The Morgan fingerprint density at radius 1 is 1.19 bits per heavy atom. The van der Waals surface area contributed by atoms with Crippen LogP contribution in [-0.2, 0) is 30.1 Å². The lowest BCUT2D eigenvalue weighted by molar-refractivity contribution is -0.120. The monoisotopic (exact) mass is 466 g/mol. The van der Waals surface area contributed by atoms with Crippen molar-refractivity contribution in [1.82, 2.24) is 9.97 Å². The van der Waals surface area contributed by atoms with Gasteiger partial charge in [-0.1, -0.05) is 37.8 Å². The van der Waals surface area contributed by atoms with Gasteiger partial charge in [-0.2, -0.15) is 0 Å². The minimum atomic E-state index is -3.99. The van der Waals surface area contributed by atoms with Crippen molar-refractivity contribution >= 4 is 28.7 Å². The van der Waals surface area contributed by atoms with Gasteiger partial charge in [-0.05, 0) is 30.0 Å². The average Bonchev–Trinajstić information content (AvgIpc) is 3.25. The van der Waals surface area contributed by atoms with Crippen LogP contribution < -0.4 is 5.44 Å². The van der Waals surface area contributed by atoms with Crippen molar-refractivity contribution in [3.63, 3.8) is 0 Å². The third-order valence-corrected chi connectivity index (χ3v) is 8.16. The molecule has 1 aliphatic rings. The Bertz CT molecular complexity index is 1060. The molecule has 0 amide bonds. The molecule has 3 rings (SSSR count). The van der Waals surface area contributed by atoms with E-state index in [0.29, 0.717) is 18.0 Å². The highest BCUT2D eigenvalue weighted by Crippen LogP contribution is 2.38. The van der Waals surface area contributed by atoms with Crippen LogP contribution in [0.5, 0.6) is 0 Å². The zero-order valence-corrected chi connectivity index (χ0v) is 19.3. The summed E-state index contributed by atoms with van der Waals surface area (Å²) in [7, 11) is -6.19. The van der Waals surface area contributed by atoms with E-state index < -0.39 is 17.4 Å². The van der Waals surface area contributed by atoms with E-state index in [4.69, 9.17) is 0 Å². The quantitative estimate of drug-likeness (QED) is 0.560. The predicted molar refractivity (Wildman–Crippen MR) is 116 cm³/mol. The zero-order valence-electron chi connectivity index (χ0n) is 17.6. The molecule has 8 nitrogen and oxygen atoms in total. The summed E-state index contributed by atoms with van der Waals surface area (Å²) < 4.78 is 39.9. The molecule has 0 bridgehead atoms. The SMILES string of the molecule is COP(=O)(O)c1cnc(CC(=O)[C@H](CC2CCCC2)c2ccc(S(C)(=O)=O)cc2)cn1. The highest BCUT2D eigenvalue weighted by atomic mass is 32.2. The van der Waals surface area contributed by atoms with Crippen molar-refractivity contribution in [2.45, 2.75) is 49.3 Å². The molecule has 1 fully saturated rings. The number of hydrogen-bond acceptors (Lipinski definition) is 7. The van der Waals surface area contributed by atoms with Crippen molar-refractivity contribution < 1.29 is 27.2 Å². The van der Waals surface area contributed by atoms with Gasteiger partial charge in [0, 0.05) is 25.5 Å². The van der Waals surface area contributed by atoms with E-state index in [9.17, 15) is 22.7 Å². The lowest BCUT2D eigenvalue weighted by Gasteiger charge is -2.20. The molecule has 0 radical (unpaired) electrons. The molecular weight excluding hydrogens is 439 g/mol. The Morgan fingerprint density at radius 2 is 1.84 bits per heavy atom. The number of carbonyl (C=O) groups is 1. The summed E-state index contributed by atoms with van der Waals surface area (Å²) in [5, 5.41) is 0. The van der Waals surface area contributed by atoms with Gasteiger partial charge in [-0.25, -0.2) is 13.4 Å². The van der Waals surface area contributed by atoms with Gasteiger partial charge in [0.05, 0.1) is 23.2 Å². The van der Waals surface area contributed by atoms with E-state index in [1.165, 1.54) is 18.3 Å². The van der Waals surface area contributed by atoms with Gasteiger partial charge in [-0.15, -0.1) is 0 Å². The standard InChI is InChI=1S/C21H27N2O6PS/c1-29-30(25,26)21-14-22-17(13-23-21)12-20(24)19(11-15-5-3-4-6-15)16-7-9-18(10-8-16)31(2,27)28/h7-10,13-15,19H,3-6,11-12H2,1-2H3,(H,25,26)/t19-/m1/s1. The average molecular weight is 466 g/mol. The molecule has 2 atom stereocenters. The minimum absolute atomic E-state index is 0.0290. The van der Waals surface area contributed by atoms with Crippen LogP contribution in [-0.4, -0.2) is 42.4 Å². The van der Waals surface area contributed by atoms with Crippen molar-refractivity contribution in [1.29, 1.82) is 0 Å². The van der Waals surface area contributed by atoms with Gasteiger partial charge >= 0.3 is 7.60 Å². The molecule has 2 aromatic rings. The summed E-state index contributed by atoms with van der Waals surface area (Å²) in [4.78, 5) is 31.1. The van der Waals surface area contributed by atoms with Crippen LogP contribution in [0, 0.1) is 5.92 Å². The van der Waals surface area contributed by atoms with Crippen molar-refractivity contribution in [3.8, 4) is 0 Å². The number of benzene rings is 1. The first kappa shape index (κ1) is 23.7. The zero-order chi connectivity index (χ0) is 22.6. The summed E-state index contributed by atoms with van der Waals surface area (Å²) in [6, 6.07) is 6.50. The van der Waals surface area contributed by atoms with Gasteiger partial charge in [-0.3, -0.25) is 14.3 Å². The number of Topliss-reactive ketones (excluding diaryl/α,β-unsaturated/α-hetero) is 1. The largest absolute Gasteiger partial charge is 0.378 e. The fourth-order valence-corrected chi connectivity index (χ4v) is 5.19. The third-order valence-electron chi connectivity index (χ3n) is 5.73. The first-order valence-corrected chi connectivity index (χ1v) is 13.6. The van der Waals surface area contributed by atoms with Crippen LogP contribution in [0.15, 0.2) is 41.6 Å². The molecule has 1 unspecified atom stereocenters. The predicted octanol–water partition coefficient (Wildman–Crippen LogP) is 2.81. The Morgan fingerprint density at radius 3 is 2.35 bits per heavy atom. The topological polar surface area (TPSA) is 124 Å². The molecule has 1 aromatic carbocycles. The Balaban J connectivity index is 1.81. The van der Waals surface area contributed by atoms with Gasteiger partial charge in [0.2, 0.25) is 0 Å². The van der Waals surface area contributed by atoms with Crippen LogP contribution in [0.2, 0.25) is 0 Å². The van der Waals surface area contributed by atoms with E-state index in [1.807, 2.05) is 0 Å². The Kier molecular flexibility index (Phi) is 7.42. The smallest absolute Gasteiger partial charge is 0.320 e. The molecular formula is C21H27N2O6PS. The van der Waals surface area contributed by atoms with Gasteiger partial charge in [0.15, 0.2) is 15.3 Å². The third kappa shape index (κ3) is 6.07. The minimum Gasteiger partial charge on any atom is -0.320 e. The van der Waals surface area contributed by atoms with Crippen molar-refractivity contribution in [2.75, 3.05) is 13.4 Å². The number of ketones is 1. The number of hydrogen-bond donors (Lipinski definition) is 1. The summed E-state index contributed by atoms with van der Waals surface area (Å²) in [6.45, 7) is 0. The molecule has 0 aliphatic heterocycles. The van der Waals surface area contributed by atoms with E-state index in [0.717, 1.165) is 50.8 Å². The van der Waals surface area contributed by atoms with E-state index in [-0.39, 0.29) is 28.5 Å². The molecule has 1 aromatic heterocycles. The van der Waals surface area contributed by atoms with Gasteiger partial charge < -0.3 is 9.42 Å². The lowest BCUT2D eigenvalue weighted by atomic mass is 9.83. The number of rotatable bonds is 9. The second-order valence-electron chi connectivity index (χ2n) is 7.99. The first-order valence-electron chi connectivity index (χ1n) is 10.1. The lowest BCUT2D eigenvalue weighted by Crippen LogP contribution is -2.20. The summed E-state index contributed by atoms with van der Waals surface area (Å²) in [5.41, 5.74) is 1.01. The first-order chi connectivity index (χ1) is 14.6. The highest BCUT2D eigenvalue weighted by Gasteiger charge is 2.28. The van der Waals surface area contributed by atoms with Crippen LogP contribution in [0.4, 0.5) is 0 Å². The maximum Gasteiger partial charge on any atom is 0.378 e. The van der Waals surface area contributed by atoms with E-state index in [2.05, 4.69) is 14.5 Å². The number of aromatic nitrogens is 2. The maximum atomic E-state index is 13.2. The second-order valence-corrected chi connectivity index (χ2v) is 11.9. The fourth-order valence-electron chi connectivity index (χ4n) is 3.96. The number of sulfone groups is 1. The van der Waals surface area contributed by atoms with Crippen LogP contribution in [0.25, 0.3) is 0 Å².